The highest BCUT2D eigenvalue weighted by atomic mass is 16.5. The summed E-state index contributed by atoms with van der Waals surface area (Å²) in [5.41, 5.74) is 2.17. The highest BCUT2D eigenvalue weighted by molar-refractivity contribution is 6.46. The van der Waals surface area contributed by atoms with Crippen LogP contribution in [0.4, 0.5) is 0 Å². The van der Waals surface area contributed by atoms with Crippen LogP contribution in [0, 0.1) is 0 Å². The summed E-state index contributed by atoms with van der Waals surface area (Å²) in [4.78, 5) is 27.3. The van der Waals surface area contributed by atoms with E-state index in [2.05, 4.69) is 0 Å². The van der Waals surface area contributed by atoms with Crippen LogP contribution in [-0.2, 0) is 20.7 Å². The zero-order valence-corrected chi connectivity index (χ0v) is 17.8. The summed E-state index contributed by atoms with van der Waals surface area (Å²) in [7, 11) is 3.08. The van der Waals surface area contributed by atoms with Crippen LogP contribution in [0.1, 0.15) is 29.7 Å². The van der Waals surface area contributed by atoms with Crippen molar-refractivity contribution < 1.29 is 28.9 Å². The fourth-order valence-electron chi connectivity index (χ4n) is 4.18. The number of ether oxygens (including phenoxy) is 3. The first-order valence-corrected chi connectivity index (χ1v) is 10.2. The maximum absolute atomic E-state index is 13.0. The van der Waals surface area contributed by atoms with Gasteiger partial charge in [0.05, 0.1) is 25.3 Å². The fourth-order valence-corrected chi connectivity index (χ4v) is 4.18. The second kappa shape index (κ2) is 8.43. The van der Waals surface area contributed by atoms with E-state index in [4.69, 9.17) is 14.2 Å². The summed E-state index contributed by atoms with van der Waals surface area (Å²) in [5.74, 6) is -0.211. The van der Waals surface area contributed by atoms with Crippen molar-refractivity contribution in [2.45, 2.75) is 25.5 Å². The number of carbonyl (C=O) groups is 2. The van der Waals surface area contributed by atoms with E-state index in [-0.39, 0.29) is 30.6 Å². The summed E-state index contributed by atoms with van der Waals surface area (Å²) in [6, 6.07) is 11.7. The number of hydrogen-bond acceptors (Lipinski definition) is 6. The van der Waals surface area contributed by atoms with E-state index in [1.807, 2.05) is 19.1 Å². The lowest BCUT2D eigenvalue weighted by Crippen LogP contribution is -2.32. The van der Waals surface area contributed by atoms with Crippen molar-refractivity contribution in [2.24, 2.45) is 0 Å². The highest BCUT2D eigenvalue weighted by Crippen LogP contribution is 2.41. The number of Topliss-reactive ketones (excluding diaryl/α,β-unsaturated/α-hetero) is 1. The van der Waals surface area contributed by atoms with E-state index in [1.165, 1.54) is 12.0 Å². The normalized spacial score (nSPS) is 21.8. The van der Waals surface area contributed by atoms with Crippen molar-refractivity contribution in [1.82, 2.24) is 4.90 Å². The van der Waals surface area contributed by atoms with E-state index in [1.54, 1.807) is 37.4 Å². The minimum atomic E-state index is -0.742. The molecule has 0 saturated carbocycles. The Labute approximate surface area is 180 Å². The lowest BCUT2D eigenvalue weighted by molar-refractivity contribution is -0.140. The summed E-state index contributed by atoms with van der Waals surface area (Å²) in [6.07, 6.45) is 0.779. The topological polar surface area (TPSA) is 85.3 Å². The molecule has 0 aliphatic carbocycles. The Bertz CT molecular complexity index is 1060. The largest absolute Gasteiger partial charge is 0.507 e. The van der Waals surface area contributed by atoms with Crippen LogP contribution in [0.15, 0.2) is 48.0 Å². The number of aliphatic hydroxyl groups excluding tert-OH is 1. The van der Waals surface area contributed by atoms with Gasteiger partial charge in [-0.1, -0.05) is 12.1 Å². The zero-order chi connectivity index (χ0) is 22.1. The molecular formula is C24H25NO6. The molecule has 0 radical (unpaired) electrons. The van der Waals surface area contributed by atoms with Gasteiger partial charge in [0.25, 0.3) is 11.7 Å². The standard InChI is InChI=1S/C24H25NO6/c1-14-11-17-12-16(7-8-19(17)31-14)22(26)20-21(15-5-4-6-18(13-15)30-3)25(9-10-29-2)24(28)23(20)27/h4-8,12-14,21,26H,9-11H2,1-3H3/t14-,21+/m1/s1. The maximum atomic E-state index is 13.0. The van der Waals surface area contributed by atoms with Gasteiger partial charge in [-0.2, -0.15) is 0 Å². The molecule has 162 valence electrons. The number of methoxy groups -OCH3 is 2. The Balaban J connectivity index is 1.83. The molecule has 2 aromatic carbocycles. The molecular weight excluding hydrogens is 398 g/mol. The molecule has 7 heteroatoms. The minimum Gasteiger partial charge on any atom is -0.507 e. The number of aliphatic hydroxyl groups is 1. The second-order valence-electron chi connectivity index (χ2n) is 7.72. The molecule has 2 heterocycles. The van der Waals surface area contributed by atoms with Gasteiger partial charge in [-0.3, -0.25) is 9.59 Å². The van der Waals surface area contributed by atoms with Gasteiger partial charge >= 0.3 is 0 Å². The minimum absolute atomic E-state index is 0.0567. The van der Waals surface area contributed by atoms with Gasteiger partial charge in [0, 0.05) is 25.6 Å². The third-order valence-electron chi connectivity index (χ3n) is 5.66. The highest BCUT2D eigenvalue weighted by Gasteiger charge is 2.46. The molecule has 0 bridgehead atoms. The van der Waals surface area contributed by atoms with E-state index in [0.29, 0.717) is 16.9 Å². The molecule has 0 unspecified atom stereocenters. The summed E-state index contributed by atoms with van der Waals surface area (Å²) >= 11 is 0. The summed E-state index contributed by atoms with van der Waals surface area (Å²) in [6.45, 7) is 2.46. The molecule has 1 saturated heterocycles. The molecule has 4 rings (SSSR count). The molecule has 1 fully saturated rings. The number of benzene rings is 2. The van der Waals surface area contributed by atoms with Crippen molar-refractivity contribution in [3.63, 3.8) is 0 Å². The van der Waals surface area contributed by atoms with Crippen LogP contribution in [0.2, 0.25) is 0 Å². The van der Waals surface area contributed by atoms with Crippen molar-refractivity contribution in [3.8, 4) is 11.5 Å². The average molecular weight is 423 g/mol. The van der Waals surface area contributed by atoms with E-state index in [0.717, 1.165) is 17.7 Å². The van der Waals surface area contributed by atoms with E-state index in [9.17, 15) is 14.7 Å². The van der Waals surface area contributed by atoms with Crippen molar-refractivity contribution in [2.75, 3.05) is 27.4 Å². The molecule has 1 amide bonds. The number of carbonyl (C=O) groups excluding carboxylic acids is 2. The number of ketones is 1. The van der Waals surface area contributed by atoms with Gasteiger partial charge in [-0.15, -0.1) is 0 Å². The van der Waals surface area contributed by atoms with Crippen molar-refractivity contribution in [3.05, 3.63) is 64.7 Å². The van der Waals surface area contributed by atoms with Crippen molar-refractivity contribution >= 4 is 17.4 Å². The molecule has 0 spiro atoms. The van der Waals surface area contributed by atoms with Gasteiger partial charge < -0.3 is 24.2 Å². The summed E-state index contributed by atoms with van der Waals surface area (Å²) < 4.78 is 16.2. The van der Waals surface area contributed by atoms with Crippen molar-refractivity contribution in [1.29, 1.82) is 0 Å². The van der Waals surface area contributed by atoms with Gasteiger partial charge in [0.1, 0.15) is 23.4 Å². The Hall–Kier alpha value is -3.32. The van der Waals surface area contributed by atoms with Gasteiger partial charge in [-0.25, -0.2) is 0 Å². The van der Waals surface area contributed by atoms with Gasteiger partial charge in [0.15, 0.2) is 0 Å². The van der Waals surface area contributed by atoms with Crippen LogP contribution < -0.4 is 9.47 Å². The average Bonchev–Trinajstić information content (AvgIpc) is 3.27. The van der Waals surface area contributed by atoms with Crippen LogP contribution >= 0.6 is 0 Å². The van der Waals surface area contributed by atoms with E-state index < -0.39 is 17.7 Å². The molecule has 7 nitrogen and oxygen atoms in total. The lowest BCUT2D eigenvalue weighted by Gasteiger charge is -2.25. The third kappa shape index (κ3) is 3.77. The summed E-state index contributed by atoms with van der Waals surface area (Å²) in [5, 5.41) is 11.2. The maximum Gasteiger partial charge on any atom is 0.295 e. The third-order valence-corrected chi connectivity index (χ3v) is 5.66. The molecule has 1 N–H and O–H groups in total. The van der Waals surface area contributed by atoms with Gasteiger partial charge in [-0.05, 0) is 48.4 Å². The van der Waals surface area contributed by atoms with Crippen LogP contribution in [0.25, 0.3) is 5.76 Å². The lowest BCUT2D eigenvalue weighted by atomic mass is 9.94. The van der Waals surface area contributed by atoms with Gasteiger partial charge in [0.2, 0.25) is 0 Å². The molecule has 2 aromatic rings. The fraction of sp³-hybridized carbons (Fsp3) is 0.333. The smallest absolute Gasteiger partial charge is 0.295 e. The molecule has 0 aromatic heterocycles. The van der Waals surface area contributed by atoms with Crippen LogP contribution in [0.3, 0.4) is 0 Å². The first kappa shape index (κ1) is 20.9. The quantitative estimate of drug-likeness (QED) is 0.437. The molecule has 2 aliphatic heterocycles. The predicted octanol–water partition coefficient (Wildman–Crippen LogP) is 3.09. The Morgan fingerprint density at radius 2 is 2.00 bits per heavy atom. The molecule has 31 heavy (non-hydrogen) atoms. The Morgan fingerprint density at radius 1 is 1.19 bits per heavy atom. The Morgan fingerprint density at radius 3 is 2.74 bits per heavy atom. The second-order valence-corrected chi connectivity index (χ2v) is 7.72. The Kier molecular flexibility index (Phi) is 5.69. The first-order chi connectivity index (χ1) is 14.9. The number of hydrogen-bond donors (Lipinski definition) is 1. The number of fused-ring (bicyclic) bond motifs is 1. The van der Waals surface area contributed by atoms with E-state index >= 15 is 0 Å². The number of likely N-dealkylation sites (tertiary alicyclic amines) is 1. The number of rotatable bonds is 6. The number of amides is 1. The van der Waals surface area contributed by atoms with Crippen LogP contribution in [0.5, 0.6) is 11.5 Å². The van der Waals surface area contributed by atoms with Crippen LogP contribution in [-0.4, -0.2) is 55.2 Å². The predicted molar refractivity (Wildman–Crippen MR) is 114 cm³/mol. The zero-order valence-electron chi connectivity index (χ0n) is 17.8. The monoisotopic (exact) mass is 423 g/mol. The number of nitrogens with zero attached hydrogens (tertiary/aromatic N) is 1. The molecule has 2 atom stereocenters. The molecule has 2 aliphatic rings. The first-order valence-electron chi connectivity index (χ1n) is 10.2. The SMILES string of the molecule is COCCN1C(=O)C(=O)C(=C(O)c2ccc3c(c2)C[C@@H](C)O3)[C@@H]1c1cccc(OC)c1.